The molecule has 0 aromatic rings. The van der Waals surface area contributed by atoms with Gasteiger partial charge in [0.2, 0.25) is 11.8 Å². The molecule has 11 nitrogen and oxygen atoms in total. The average molecular weight is 521 g/mol. The predicted octanol–water partition coefficient (Wildman–Crippen LogP) is 0.599. The first kappa shape index (κ1) is 34.7. The van der Waals surface area contributed by atoms with Gasteiger partial charge in [-0.2, -0.15) is 0 Å². The quantitative estimate of drug-likeness (QED) is 0.109. The van der Waals surface area contributed by atoms with Crippen LogP contribution in [0.15, 0.2) is 0 Å². The summed E-state index contributed by atoms with van der Waals surface area (Å²) in [6, 6.07) is -0.112. The Bertz CT molecular complexity index is 501. The molecule has 1 atom stereocenters. The standard InChI is InChI=1S/C25H52N4O7/c1-3-4-5-6-9-23(27-2)25(31)29-11-8-13-33-15-17-35-19-21-36-20-18-34-16-14-32-12-7-10-28-24(30)22-26/h23,27H,3-22,26H2,1-2H3,(H,28,30)(H,29,31). The molecular formula is C25H52N4O7. The van der Waals surface area contributed by atoms with Crippen molar-refractivity contribution in [1.82, 2.24) is 16.0 Å². The van der Waals surface area contributed by atoms with Crippen LogP contribution in [0.3, 0.4) is 0 Å². The van der Waals surface area contributed by atoms with Crippen LogP contribution in [0, 0.1) is 0 Å². The van der Waals surface area contributed by atoms with Crippen molar-refractivity contribution in [2.45, 2.75) is 57.9 Å². The number of carbonyl (C=O) groups is 2. The van der Waals surface area contributed by atoms with Crippen molar-refractivity contribution in [2.75, 3.05) is 92.8 Å². The Hall–Kier alpha value is -1.34. The summed E-state index contributed by atoms with van der Waals surface area (Å²) in [5, 5.41) is 8.76. The van der Waals surface area contributed by atoms with Crippen molar-refractivity contribution in [3.05, 3.63) is 0 Å². The molecule has 11 heteroatoms. The Morgan fingerprint density at radius 1 is 0.667 bits per heavy atom. The summed E-state index contributed by atoms with van der Waals surface area (Å²) in [7, 11) is 1.84. The molecule has 214 valence electrons. The lowest BCUT2D eigenvalue weighted by Crippen LogP contribution is -2.43. The van der Waals surface area contributed by atoms with Crippen LogP contribution < -0.4 is 21.7 Å². The number of carbonyl (C=O) groups excluding carboxylic acids is 2. The predicted molar refractivity (Wildman–Crippen MR) is 140 cm³/mol. The number of nitrogens with two attached hydrogens (primary N) is 1. The van der Waals surface area contributed by atoms with E-state index in [-0.39, 0.29) is 24.4 Å². The second-order valence-electron chi connectivity index (χ2n) is 8.30. The second kappa shape index (κ2) is 28.2. The highest BCUT2D eigenvalue weighted by atomic mass is 16.6. The van der Waals surface area contributed by atoms with Gasteiger partial charge >= 0.3 is 0 Å². The van der Waals surface area contributed by atoms with Crippen LogP contribution in [-0.2, 0) is 33.3 Å². The van der Waals surface area contributed by atoms with Gasteiger partial charge in [0.25, 0.3) is 0 Å². The summed E-state index contributed by atoms with van der Waals surface area (Å²) >= 11 is 0. The minimum atomic E-state index is -0.155. The minimum absolute atomic E-state index is 0.0117. The summed E-state index contributed by atoms with van der Waals surface area (Å²) in [6.07, 6.45) is 7.07. The van der Waals surface area contributed by atoms with E-state index in [2.05, 4.69) is 22.9 Å². The Labute approximate surface area is 217 Å². The van der Waals surface area contributed by atoms with E-state index in [1.807, 2.05) is 7.05 Å². The van der Waals surface area contributed by atoms with Crippen molar-refractivity contribution >= 4 is 11.8 Å². The van der Waals surface area contributed by atoms with Gasteiger partial charge in [0.05, 0.1) is 65.4 Å². The smallest absolute Gasteiger partial charge is 0.237 e. The van der Waals surface area contributed by atoms with Gasteiger partial charge in [-0.15, -0.1) is 0 Å². The third kappa shape index (κ3) is 24.4. The molecule has 1 unspecified atom stereocenters. The van der Waals surface area contributed by atoms with Gasteiger partial charge in [-0.3, -0.25) is 9.59 Å². The molecule has 0 aromatic heterocycles. The average Bonchev–Trinajstić information content (AvgIpc) is 2.89. The fourth-order valence-corrected chi connectivity index (χ4v) is 3.15. The summed E-state index contributed by atoms with van der Waals surface area (Å²) < 4.78 is 27.3. The first-order valence-electron chi connectivity index (χ1n) is 13.5. The molecule has 0 fully saturated rings. The zero-order valence-electron chi connectivity index (χ0n) is 22.7. The minimum Gasteiger partial charge on any atom is -0.379 e. The number of unbranched alkanes of at least 4 members (excludes halogenated alkanes) is 3. The maximum atomic E-state index is 12.2. The fraction of sp³-hybridized carbons (Fsp3) is 0.920. The van der Waals surface area contributed by atoms with Crippen LogP contribution in [-0.4, -0.2) is 111 Å². The number of likely N-dealkylation sites (N-methyl/N-ethyl adjacent to an activating group) is 1. The van der Waals surface area contributed by atoms with Gasteiger partial charge in [-0.25, -0.2) is 0 Å². The topological polar surface area (TPSA) is 142 Å². The molecule has 36 heavy (non-hydrogen) atoms. The third-order valence-electron chi connectivity index (χ3n) is 5.24. The van der Waals surface area contributed by atoms with E-state index in [1.54, 1.807) is 0 Å². The van der Waals surface area contributed by atoms with Crippen LogP contribution in [0.2, 0.25) is 0 Å². The molecule has 0 bridgehead atoms. The van der Waals surface area contributed by atoms with E-state index in [0.29, 0.717) is 79.2 Å². The van der Waals surface area contributed by atoms with Crippen molar-refractivity contribution in [3.8, 4) is 0 Å². The molecule has 0 spiro atoms. The molecule has 0 aromatic carbocycles. The Balaban J connectivity index is 3.26. The molecular weight excluding hydrogens is 468 g/mol. The second-order valence-corrected chi connectivity index (χ2v) is 8.30. The lowest BCUT2D eigenvalue weighted by molar-refractivity contribution is -0.123. The number of hydrogen-bond acceptors (Lipinski definition) is 9. The highest BCUT2D eigenvalue weighted by Gasteiger charge is 2.14. The van der Waals surface area contributed by atoms with Crippen LogP contribution in [0.25, 0.3) is 0 Å². The first-order chi connectivity index (χ1) is 17.7. The number of hydrogen-bond donors (Lipinski definition) is 4. The first-order valence-corrected chi connectivity index (χ1v) is 13.5. The van der Waals surface area contributed by atoms with Gasteiger partial charge in [-0.1, -0.05) is 32.6 Å². The van der Waals surface area contributed by atoms with Gasteiger partial charge < -0.3 is 45.4 Å². The van der Waals surface area contributed by atoms with E-state index in [4.69, 9.17) is 29.4 Å². The van der Waals surface area contributed by atoms with Crippen LogP contribution in [0.4, 0.5) is 0 Å². The maximum absolute atomic E-state index is 12.2. The van der Waals surface area contributed by atoms with E-state index >= 15 is 0 Å². The van der Waals surface area contributed by atoms with E-state index < -0.39 is 0 Å². The van der Waals surface area contributed by atoms with Crippen molar-refractivity contribution in [2.24, 2.45) is 5.73 Å². The molecule has 0 saturated heterocycles. The van der Waals surface area contributed by atoms with E-state index in [9.17, 15) is 9.59 Å². The summed E-state index contributed by atoms with van der Waals surface area (Å²) in [6.45, 7) is 8.60. The molecule has 0 aliphatic heterocycles. The number of rotatable bonds is 28. The lowest BCUT2D eigenvalue weighted by atomic mass is 10.1. The highest BCUT2D eigenvalue weighted by Crippen LogP contribution is 2.05. The number of amides is 2. The summed E-state index contributed by atoms with van der Waals surface area (Å²) in [5.74, 6) is -0.0874. The Kier molecular flexibility index (Phi) is 27.2. The highest BCUT2D eigenvalue weighted by molar-refractivity contribution is 5.81. The van der Waals surface area contributed by atoms with E-state index in [0.717, 1.165) is 25.7 Å². The van der Waals surface area contributed by atoms with Crippen molar-refractivity contribution < 1.29 is 33.3 Å². The molecule has 0 heterocycles. The van der Waals surface area contributed by atoms with Gasteiger partial charge in [0, 0.05) is 26.3 Å². The van der Waals surface area contributed by atoms with Crippen LogP contribution in [0.5, 0.6) is 0 Å². The van der Waals surface area contributed by atoms with Crippen molar-refractivity contribution in [1.29, 1.82) is 0 Å². The van der Waals surface area contributed by atoms with Crippen LogP contribution in [0.1, 0.15) is 51.9 Å². The molecule has 0 saturated carbocycles. The van der Waals surface area contributed by atoms with Crippen LogP contribution >= 0.6 is 0 Å². The third-order valence-corrected chi connectivity index (χ3v) is 5.24. The zero-order valence-corrected chi connectivity index (χ0v) is 22.7. The van der Waals surface area contributed by atoms with Gasteiger partial charge in [0.1, 0.15) is 0 Å². The molecule has 5 N–H and O–H groups in total. The monoisotopic (exact) mass is 520 g/mol. The molecule has 0 rings (SSSR count). The Morgan fingerprint density at radius 3 is 1.58 bits per heavy atom. The van der Waals surface area contributed by atoms with E-state index in [1.165, 1.54) is 19.3 Å². The normalized spacial score (nSPS) is 12.0. The summed E-state index contributed by atoms with van der Waals surface area (Å²) in [5.41, 5.74) is 5.19. The Morgan fingerprint density at radius 2 is 1.14 bits per heavy atom. The molecule has 0 aliphatic rings. The SMILES string of the molecule is CCCCCCC(NC)C(=O)NCCCOCCOCCOCCOCCOCCCNC(=O)CN. The largest absolute Gasteiger partial charge is 0.379 e. The number of nitrogens with one attached hydrogen (secondary N) is 3. The molecule has 0 radical (unpaired) electrons. The molecule has 2 amide bonds. The zero-order chi connectivity index (χ0) is 26.5. The lowest BCUT2D eigenvalue weighted by Gasteiger charge is -2.16. The summed E-state index contributed by atoms with van der Waals surface area (Å²) in [4.78, 5) is 23.1. The molecule has 0 aliphatic carbocycles. The van der Waals surface area contributed by atoms with Gasteiger partial charge in [0.15, 0.2) is 0 Å². The number of ether oxygens (including phenoxy) is 5. The fourth-order valence-electron chi connectivity index (χ4n) is 3.15. The van der Waals surface area contributed by atoms with Gasteiger partial charge in [-0.05, 0) is 26.3 Å². The van der Waals surface area contributed by atoms with Crippen molar-refractivity contribution in [3.63, 3.8) is 0 Å². The maximum Gasteiger partial charge on any atom is 0.237 e.